The number of β-amino-alcohol motifs (C(OH)–C–C–N with tert-alkyl or cyclic N) is 1. The topological polar surface area (TPSA) is 182 Å². The van der Waals surface area contributed by atoms with E-state index in [1.54, 1.807) is 11.0 Å². The van der Waals surface area contributed by atoms with Gasteiger partial charge in [0.1, 0.15) is 6.54 Å². The molecule has 242 valence electrons. The van der Waals surface area contributed by atoms with Crippen LogP contribution in [0.15, 0.2) is 30.6 Å². The molecule has 0 spiro atoms. The maximum Gasteiger partial charge on any atom is 0.435 e. The third-order valence-electron chi connectivity index (χ3n) is 8.47. The second-order valence-electron chi connectivity index (χ2n) is 11.4. The summed E-state index contributed by atoms with van der Waals surface area (Å²) in [5, 5.41) is 33.7. The van der Waals surface area contributed by atoms with E-state index in [0.29, 0.717) is 26.2 Å². The summed E-state index contributed by atoms with van der Waals surface area (Å²) in [6.07, 6.45) is -3.26. The number of anilines is 1. The minimum absolute atomic E-state index is 0.0368. The first-order valence-corrected chi connectivity index (χ1v) is 14.6. The van der Waals surface area contributed by atoms with Crippen LogP contribution in [0.4, 0.5) is 23.7 Å². The Balaban J connectivity index is 1.06. The number of carbonyl (C=O) groups is 3. The first-order valence-electron chi connectivity index (χ1n) is 14.3. The number of alkyl halides is 3. The predicted octanol–water partition coefficient (Wildman–Crippen LogP) is 1.43. The van der Waals surface area contributed by atoms with Crippen LogP contribution in [0.25, 0.3) is 11.3 Å². The number of carbonyl (C=O) groups excluding carboxylic acids is 3. The first kappa shape index (κ1) is 31.3. The van der Waals surface area contributed by atoms with E-state index in [4.69, 9.17) is 16.9 Å². The van der Waals surface area contributed by atoms with Gasteiger partial charge in [-0.3, -0.25) is 14.3 Å². The number of nitriles is 1. The molecule has 2 aromatic heterocycles. The van der Waals surface area contributed by atoms with Crippen LogP contribution in [0.1, 0.15) is 26.7 Å². The maximum absolute atomic E-state index is 13.6. The summed E-state index contributed by atoms with van der Waals surface area (Å²) >= 11 is 6.38. The van der Waals surface area contributed by atoms with E-state index in [-0.39, 0.29) is 63.3 Å². The van der Waals surface area contributed by atoms with Gasteiger partial charge in [0.15, 0.2) is 11.5 Å². The molecule has 3 aliphatic rings. The molecule has 5 atom stereocenters. The van der Waals surface area contributed by atoms with E-state index in [2.05, 4.69) is 31.3 Å². The minimum atomic E-state index is -4.80. The van der Waals surface area contributed by atoms with Crippen LogP contribution in [-0.2, 0) is 19.8 Å². The van der Waals surface area contributed by atoms with Crippen LogP contribution in [0, 0.1) is 23.2 Å². The molecule has 3 fully saturated rings. The summed E-state index contributed by atoms with van der Waals surface area (Å²) in [4.78, 5) is 44.2. The fraction of sp³-hybridized carbons (Fsp3) is 0.429. The van der Waals surface area contributed by atoms with Crippen LogP contribution in [0.2, 0.25) is 5.02 Å². The van der Waals surface area contributed by atoms with Crippen molar-refractivity contribution in [3.8, 4) is 17.3 Å². The highest BCUT2D eigenvalue weighted by Crippen LogP contribution is 2.45. The molecule has 5 N–H and O–H groups in total. The zero-order valence-electron chi connectivity index (χ0n) is 24.2. The zero-order chi connectivity index (χ0) is 32.9. The Bertz CT molecular complexity index is 1740. The van der Waals surface area contributed by atoms with E-state index >= 15 is 0 Å². The maximum atomic E-state index is 13.6. The summed E-state index contributed by atoms with van der Waals surface area (Å²) in [5.74, 6) is -1.14. The molecule has 1 aliphatic carbocycles. The van der Waals surface area contributed by atoms with Gasteiger partial charge in [-0.2, -0.15) is 23.5 Å². The molecule has 14 nitrogen and oxygen atoms in total. The molecule has 2 aliphatic heterocycles. The van der Waals surface area contributed by atoms with Crippen molar-refractivity contribution in [1.82, 2.24) is 40.2 Å². The van der Waals surface area contributed by atoms with Crippen LogP contribution >= 0.6 is 11.6 Å². The van der Waals surface area contributed by atoms with E-state index in [0.717, 1.165) is 17.1 Å². The minimum Gasteiger partial charge on any atom is -0.390 e. The molecule has 3 aromatic rings. The number of fused-ring (bicyclic) bond motifs is 1. The van der Waals surface area contributed by atoms with E-state index in [9.17, 15) is 32.7 Å². The Labute approximate surface area is 264 Å². The molecule has 4 heterocycles. The largest absolute Gasteiger partial charge is 0.435 e. The lowest BCUT2D eigenvalue weighted by molar-refractivity contribution is -0.141. The molecule has 6 rings (SSSR count). The highest BCUT2D eigenvalue weighted by Gasteiger charge is 2.57. The number of hydrogen-bond acceptors (Lipinski definition) is 8. The number of hydrogen-bond donors (Lipinski definition) is 5. The van der Waals surface area contributed by atoms with E-state index < -0.39 is 36.3 Å². The average Bonchev–Trinajstić information content (AvgIpc) is 3.55. The summed E-state index contributed by atoms with van der Waals surface area (Å²) in [6, 6.07) is 5.31. The fourth-order valence-corrected chi connectivity index (χ4v) is 6.27. The molecule has 1 unspecified atom stereocenters. The Morgan fingerprint density at radius 1 is 1.17 bits per heavy atom. The fourth-order valence-electron chi connectivity index (χ4n) is 6.00. The van der Waals surface area contributed by atoms with Crippen LogP contribution in [0.5, 0.6) is 0 Å². The van der Waals surface area contributed by atoms with Gasteiger partial charge in [0, 0.05) is 63.0 Å². The summed E-state index contributed by atoms with van der Waals surface area (Å²) in [6.45, 7) is 1.49. The lowest BCUT2D eigenvalue weighted by Crippen LogP contribution is -2.49. The van der Waals surface area contributed by atoms with Crippen LogP contribution in [-0.4, -0.2) is 91.6 Å². The molecular formula is C28H28ClF3N10O4. The monoisotopic (exact) mass is 660 g/mol. The van der Waals surface area contributed by atoms with Crippen molar-refractivity contribution in [1.29, 1.82) is 5.26 Å². The SMILES string of the molecule is Cn1c(-c2cn(CC#N)nc2C(F)(F)F)cnc1C(=O)Nc1ccc(C(=O)NC2[C@H]3CN(C(=O)N[C@H]4CNC[C@@H]4O)C[C@@H]23)c(Cl)c1. The van der Waals surface area contributed by atoms with Crippen molar-refractivity contribution in [2.24, 2.45) is 18.9 Å². The van der Waals surface area contributed by atoms with Gasteiger partial charge >= 0.3 is 12.2 Å². The lowest BCUT2D eigenvalue weighted by Gasteiger charge is -2.24. The van der Waals surface area contributed by atoms with Gasteiger partial charge in [-0.25, -0.2) is 9.78 Å². The third kappa shape index (κ3) is 5.98. The number of halogens is 4. The number of likely N-dealkylation sites (tertiary alicyclic amines) is 1. The molecule has 0 radical (unpaired) electrons. The van der Waals surface area contributed by atoms with Crippen molar-refractivity contribution in [3.05, 3.63) is 52.7 Å². The van der Waals surface area contributed by atoms with Gasteiger partial charge in [0.2, 0.25) is 0 Å². The molecule has 0 bridgehead atoms. The highest BCUT2D eigenvalue weighted by atomic mass is 35.5. The van der Waals surface area contributed by atoms with Gasteiger partial charge in [-0.15, -0.1) is 0 Å². The van der Waals surface area contributed by atoms with Crippen LogP contribution < -0.4 is 21.3 Å². The summed E-state index contributed by atoms with van der Waals surface area (Å²) in [7, 11) is 1.37. The molecule has 2 saturated heterocycles. The second-order valence-corrected chi connectivity index (χ2v) is 11.8. The van der Waals surface area contributed by atoms with Gasteiger partial charge in [0.05, 0.1) is 46.3 Å². The van der Waals surface area contributed by atoms with Gasteiger partial charge in [0.25, 0.3) is 11.8 Å². The molecule has 46 heavy (non-hydrogen) atoms. The van der Waals surface area contributed by atoms with Crippen LogP contribution in [0.3, 0.4) is 0 Å². The van der Waals surface area contributed by atoms with Crippen molar-refractivity contribution in [3.63, 3.8) is 0 Å². The second kappa shape index (κ2) is 11.9. The van der Waals surface area contributed by atoms with E-state index in [1.165, 1.54) is 29.8 Å². The third-order valence-corrected chi connectivity index (χ3v) is 8.78. The molecule has 1 aromatic carbocycles. The van der Waals surface area contributed by atoms with Gasteiger partial charge in [-0.1, -0.05) is 11.6 Å². The Hall–Kier alpha value is -4.66. The van der Waals surface area contributed by atoms with Gasteiger partial charge in [-0.05, 0) is 18.2 Å². The average molecular weight is 661 g/mol. The quantitative estimate of drug-likeness (QED) is 0.252. The molecule has 4 amide bonds. The number of amides is 4. The Morgan fingerprint density at radius 3 is 2.54 bits per heavy atom. The van der Waals surface area contributed by atoms with E-state index in [1.807, 2.05) is 0 Å². The number of piperidine rings is 1. The lowest BCUT2D eigenvalue weighted by atomic mass is 10.2. The summed E-state index contributed by atoms with van der Waals surface area (Å²) in [5.41, 5.74) is -1.19. The number of nitrogens with one attached hydrogen (secondary N) is 4. The number of aliphatic hydroxyl groups is 1. The van der Waals surface area contributed by atoms with Crippen molar-refractivity contribution < 1.29 is 32.7 Å². The first-order chi connectivity index (χ1) is 21.8. The standard InChI is InChI=1S/C28H28ClF3N10O4/c1-40-20(17-12-42(5-4-33)39-23(17)28(30,31)32)8-35-24(40)26(45)36-13-2-3-14(18(29)6-13)25(44)38-22-15-10-41(11-16(15)22)27(46)37-19-7-34-9-21(19)43/h2-3,6,8,12,15-16,19,21-22,34,43H,5,7,9-11H2,1H3,(H,36,45)(H,37,46)(H,38,44)/t15-,16+,19-,21-,22?/m0/s1. The van der Waals surface area contributed by atoms with Crippen molar-refractivity contribution in [2.45, 2.75) is 30.9 Å². The number of imidazole rings is 1. The van der Waals surface area contributed by atoms with Crippen molar-refractivity contribution in [2.75, 3.05) is 31.5 Å². The molecule has 1 saturated carbocycles. The Kier molecular flexibility index (Phi) is 8.12. The predicted molar refractivity (Wildman–Crippen MR) is 155 cm³/mol. The Morgan fingerprint density at radius 2 is 1.91 bits per heavy atom. The zero-order valence-corrected chi connectivity index (χ0v) is 24.9. The van der Waals surface area contributed by atoms with Gasteiger partial charge < -0.3 is 35.8 Å². The number of rotatable bonds is 7. The smallest absolute Gasteiger partial charge is 0.390 e. The highest BCUT2D eigenvalue weighted by molar-refractivity contribution is 6.34. The normalized spacial score (nSPS) is 23.5. The van der Waals surface area contributed by atoms with Crippen molar-refractivity contribution >= 4 is 35.1 Å². The molecular weight excluding hydrogens is 633 g/mol. The number of nitrogens with zero attached hydrogens (tertiary/aromatic N) is 6. The molecule has 18 heteroatoms. The number of aliphatic hydroxyl groups excluding tert-OH is 1. The number of urea groups is 1. The number of benzene rings is 1. The summed E-state index contributed by atoms with van der Waals surface area (Å²) < 4.78 is 42.9. The number of aromatic nitrogens is 4.